The largest absolute Gasteiger partial charge is 0.353 e. The minimum Gasteiger partial charge on any atom is -0.353 e. The fourth-order valence-electron chi connectivity index (χ4n) is 3.38. The van der Waals surface area contributed by atoms with E-state index in [2.05, 4.69) is 38.6 Å². The van der Waals surface area contributed by atoms with Crippen LogP contribution in [0, 0.1) is 6.92 Å². The lowest BCUT2D eigenvalue weighted by Crippen LogP contribution is -2.42. The lowest BCUT2D eigenvalue weighted by Gasteiger charge is -2.37. The highest BCUT2D eigenvalue weighted by molar-refractivity contribution is 7.88. The van der Waals surface area contributed by atoms with Crippen molar-refractivity contribution in [1.29, 1.82) is 0 Å². The molecule has 2 heterocycles. The third kappa shape index (κ3) is 4.02. The second-order valence-corrected chi connectivity index (χ2v) is 8.35. The van der Waals surface area contributed by atoms with Crippen LogP contribution in [0.4, 0.5) is 5.82 Å². The van der Waals surface area contributed by atoms with Gasteiger partial charge in [-0.2, -0.15) is 0 Å². The zero-order chi connectivity index (χ0) is 17.2. The quantitative estimate of drug-likeness (QED) is 0.897. The first-order valence-electron chi connectivity index (χ1n) is 8.37. The minimum absolute atomic E-state index is 0.298. The molecule has 1 unspecified atom stereocenters. The summed E-state index contributed by atoms with van der Waals surface area (Å²) in [7, 11) is -3.14. The number of nitrogens with one attached hydrogen (secondary N) is 1. The molecule has 1 aromatic carbocycles. The summed E-state index contributed by atoms with van der Waals surface area (Å²) in [4.78, 5) is 11.3. The van der Waals surface area contributed by atoms with Crippen molar-refractivity contribution < 1.29 is 8.42 Å². The van der Waals surface area contributed by atoms with E-state index in [1.165, 1.54) is 18.2 Å². The molecule has 2 aromatic rings. The molecule has 24 heavy (non-hydrogen) atoms. The fourth-order valence-corrected chi connectivity index (χ4v) is 3.86. The van der Waals surface area contributed by atoms with Crippen LogP contribution in [-0.2, 0) is 10.0 Å². The molecular weight excluding hydrogens is 324 g/mol. The van der Waals surface area contributed by atoms with E-state index in [-0.39, 0.29) is 0 Å². The van der Waals surface area contributed by atoms with Gasteiger partial charge in [0.25, 0.3) is 0 Å². The van der Waals surface area contributed by atoms with Crippen LogP contribution >= 0.6 is 0 Å². The number of benzene rings is 1. The Hall–Kier alpha value is -1.73. The van der Waals surface area contributed by atoms with E-state index >= 15 is 0 Å². The molecule has 1 saturated heterocycles. The van der Waals surface area contributed by atoms with Gasteiger partial charge in [0.15, 0.2) is 0 Å². The third-order valence-corrected chi connectivity index (χ3v) is 5.24. The van der Waals surface area contributed by atoms with Crippen LogP contribution in [-0.4, -0.2) is 43.8 Å². The van der Waals surface area contributed by atoms with Gasteiger partial charge in [0.1, 0.15) is 12.1 Å². The van der Waals surface area contributed by atoms with Crippen molar-refractivity contribution >= 4 is 26.7 Å². The van der Waals surface area contributed by atoms with Gasteiger partial charge < -0.3 is 4.90 Å². The van der Waals surface area contributed by atoms with Crippen molar-refractivity contribution in [3.05, 3.63) is 30.1 Å². The summed E-state index contributed by atoms with van der Waals surface area (Å²) in [5.74, 6) is 0.966. The molecule has 0 bridgehead atoms. The predicted molar refractivity (Wildman–Crippen MR) is 96.7 cm³/mol. The highest BCUT2D eigenvalue weighted by atomic mass is 32.2. The highest BCUT2D eigenvalue weighted by Gasteiger charge is 2.25. The Morgan fingerprint density at radius 2 is 2.12 bits per heavy atom. The number of piperidine rings is 1. The number of anilines is 1. The lowest BCUT2D eigenvalue weighted by molar-refractivity contribution is 0.435. The van der Waals surface area contributed by atoms with E-state index in [1.54, 1.807) is 6.33 Å². The summed E-state index contributed by atoms with van der Waals surface area (Å²) < 4.78 is 25.2. The Labute approximate surface area is 143 Å². The topological polar surface area (TPSA) is 75.2 Å². The van der Waals surface area contributed by atoms with Gasteiger partial charge in [-0.3, -0.25) is 0 Å². The van der Waals surface area contributed by atoms with E-state index in [9.17, 15) is 8.42 Å². The van der Waals surface area contributed by atoms with Crippen LogP contribution in [0.5, 0.6) is 0 Å². The Balaban J connectivity index is 1.86. The van der Waals surface area contributed by atoms with Gasteiger partial charge in [0.05, 0.1) is 11.8 Å². The van der Waals surface area contributed by atoms with E-state index in [4.69, 9.17) is 0 Å². The molecule has 1 atom stereocenters. The third-order valence-electron chi connectivity index (χ3n) is 4.51. The molecule has 0 saturated carbocycles. The van der Waals surface area contributed by atoms with Gasteiger partial charge in [-0.05, 0) is 44.7 Å². The van der Waals surface area contributed by atoms with Crippen molar-refractivity contribution in [2.45, 2.75) is 38.6 Å². The van der Waals surface area contributed by atoms with E-state index in [0.29, 0.717) is 12.6 Å². The predicted octanol–water partition coefficient (Wildman–Crippen LogP) is 2.24. The number of sulfonamides is 1. The highest BCUT2D eigenvalue weighted by Crippen LogP contribution is 2.30. The molecule has 6 nitrogen and oxygen atoms in total. The summed E-state index contributed by atoms with van der Waals surface area (Å²) >= 11 is 0. The number of aryl methyl sites for hydroxylation is 1. The van der Waals surface area contributed by atoms with Crippen molar-refractivity contribution in [1.82, 2.24) is 14.7 Å². The Bertz CT molecular complexity index is 822. The molecule has 0 spiro atoms. The lowest BCUT2D eigenvalue weighted by atomic mass is 9.98. The molecule has 130 valence electrons. The van der Waals surface area contributed by atoms with Crippen LogP contribution < -0.4 is 9.62 Å². The summed E-state index contributed by atoms with van der Waals surface area (Å²) in [5.41, 5.74) is 2.13. The monoisotopic (exact) mass is 348 g/mol. The SMILES string of the molecule is Cc1ccc2ncnc(N3CCCCC3CCNS(C)(=O)=O)c2c1. The fraction of sp³-hybridized carbons (Fsp3) is 0.529. The number of hydrogen-bond acceptors (Lipinski definition) is 5. The number of hydrogen-bond donors (Lipinski definition) is 1. The van der Waals surface area contributed by atoms with E-state index < -0.39 is 10.0 Å². The van der Waals surface area contributed by atoms with Crippen LogP contribution in [0.25, 0.3) is 10.9 Å². The average Bonchev–Trinajstić information content (AvgIpc) is 2.54. The summed E-state index contributed by atoms with van der Waals surface area (Å²) in [6, 6.07) is 6.51. The number of aromatic nitrogens is 2. The van der Waals surface area contributed by atoms with Crippen LogP contribution in [0.2, 0.25) is 0 Å². The summed E-state index contributed by atoms with van der Waals surface area (Å²) in [6.45, 7) is 3.48. The smallest absolute Gasteiger partial charge is 0.208 e. The van der Waals surface area contributed by atoms with Crippen molar-refractivity contribution in [2.75, 3.05) is 24.2 Å². The van der Waals surface area contributed by atoms with Gasteiger partial charge in [-0.25, -0.2) is 23.1 Å². The van der Waals surface area contributed by atoms with Crippen LogP contribution in [0.1, 0.15) is 31.2 Å². The molecule has 1 N–H and O–H groups in total. The van der Waals surface area contributed by atoms with Crippen molar-refractivity contribution in [2.24, 2.45) is 0 Å². The molecule has 1 aromatic heterocycles. The molecule has 0 aliphatic carbocycles. The van der Waals surface area contributed by atoms with Gasteiger partial charge in [0.2, 0.25) is 10.0 Å². The van der Waals surface area contributed by atoms with Crippen LogP contribution in [0.3, 0.4) is 0 Å². The maximum absolute atomic E-state index is 11.3. The molecule has 7 heteroatoms. The Kier molecular flexibility index (Phi) is 5.01. The van der Waals surface area contributed by atoms with Gasteiger partial charge in [0, 0.05) is 24.5 Å². The van der Waals surface area contributed by atoms with Crippen molar-refractivity contribution in [3.8, 4) is 0 Å². The minimum atomic E-state index is -3.14. The Morgan fingerprint density at radius 3 is 2.92 bits per heavy atom. The first-order chi connectivity index (χ1) is 11.4. The number of fused-ring (bicyclic) bond motifs is 1. The van der Waals surface area contributed by atoms with Gasteiger partial charge in [-0.1, -0.05) is 11.6 Å². The maximum Gasteiger partial charge on any atom is 0.208 e. The average molecular weight is 348 g/mol. The summed E-state index contributed by atoms with van der Waals surface area (Å²) in [6.07, 6.45) is 6.96. The summed E-state index contributed by atoms with van der Waals surface area (Å²) in [5, 5.41) is 1.07. The number of nitrogens with zero attached hydrogens (tertiary/aromatic N) is 3. The number of rotatable bonds is 5. The zero-order valence-electron chi connectivity index (χ0n) is 14.2. The Morgan fingerprint density at radius 1 is 1.29 bits per heavy atom. The second-order valence-electron chi connectivity index (χ2n) is 6.52. The standard InChI is InChI=1S/C17H24N4O2S/c1-13-6-7-16-15(11-13)17(19-12-18-16)21-10-4-3-5-14(21)8-9-20-24(2,22)23/h6-7,11-12,14,20H,3-5,8-10H2,1-2H3. The van der Waals surface area contributed by atoms with Crippen LogP contribution in [0.15, 0.2) is 24.5 Å². The van der Waals surface area contributed by atoms with Gasteiger partial charge >= 0.3 is 0 Å². The molecule has 0 amide bonds. The molecule has 1 aliphatic rings. The first-order valence-corrected chi connectivity index (χ1v) is 10.3. The van der Waals surface area contributed by atoms with Crippen molar-refractivity contribution in [3.63, 3.8) is 0 Å². The molecule has 1 aliphatic heterocycles. The molecule has 0 radical (unpaired) electrons. The molecular formula is C17H24N4O2S. The van der Waals surface area contributed by atoms with E-state index in [1.807, 2.05) is 6.07 Å². The maximum atomic E-state index is 11.3. The zero-order valence-corrected chi connectivity index (χ0v) is 15.0. The first kappa shape index (κ1) is 17.1. The molecule has 1 fully saturated rings. The second kappa shape index (κ2) is 7.03. The molecule has 3 rings (SSSR count). The van der Waals surface area contributed by atoms with Gasteiger partial charge in [-0.15, -0.1) is 0 Å². The normalized spacial score (nSPS) is 18.9. The van der Waals surface area contributed by atoms with E-state index in [0.717, 1.165) is 42.5 Å².